The Balaban J connectivity index is 2.72. The van der Waals surface area contributed by atoms with Crippen molar-refractivity contribution < 1.29 is 9.47 Å². The van der Waals surface area contributed by atoms with Gasteiger partial charge in [0.1, 0.15) is 0 Å². The van der Waals surface area contributed by atoms with E-state index in [1.54, 1.807) is 7.11 Å². The molecule has 19 heavy (non-hydrogen) atoms. The summed E-state index contributed by atoms with van der Waals surface area (Å²) in [5, 5.41) is 0. The fourth-order valence-electron chi connectivity index (χ4n) is 3.42. The zero-order chi connectivity index (χ0) is 14.3. The second kappa shape index (κ2) is 8.06. The first-order valence-electron chi connectivity index (χ1n) is 7.72. The van der Waals surface area contributed by atoms with E-state index in [9.17, 15) is 0 Å². The third kappa shape index (κ3) is 5.27. The third-order valence-electron chi connectivity index (χ3n) is 4.26. The largest absolute Gasteiger partial charge is 0.382 e. The van der Waals surface area contributed by atoms with Crippen molar-refractivity contribution in [2.24, 2.45) is 17.3 Å². The molecule has 0 spiro atoms. The van der Waals surface area contributed by atoms with Gasteiger partial charge in [-0.3, -0.25) is 0 Å². The van der Waals surface area contributed by atoms with Gasteiger partial charge in [-0.1, -0.05) is 39.7 Å². The van der Waals surface area contributed by atoms with Gasteiger partial charge in [-0.25, -0.2) is 0 Å². The Morgan fingerprint density at radius 1 is 1.21 bits per heavy atom. The molecule has 0 heterocycles. The van der Waals surface area contributed by atoms with E-state index < -0.39 is 0 Å². The topological polar surface area (TPSA) is 18.5 Å². The lowest BCUT2D eigenvalue weighted by molar-refractivity contribution is -0.0906. The van der Waals surface area contributed by atoms with Gasteiger partial charge >= 0.3 is 0 Å². The molecule has 0 radical (unpaired) electrons. The average molecular weight is 268 g/mol. The molecule has 0 bridgehead atoms. The van der Waals surface area contributed by atoms with E-state index in [2.05, 4.69) is 33.4 Å². The molecular weight excluding hydrogens is 236 g/mol. The normalized spacial score (nSPS) is 26.1. The van der Waals surface area contributed by atoms with Crippen LogP contribution in [0.3, 0.4) is 0 Å². The van der Waals surface area contributed by atoms with Gasteiger partial charge in [-0.15, -0.1) is 6.58 Å². The number of hydrogen-bond donors (Lipinski definition) is 0. The molecule has 0 aromatic rings. The van der Waals surface area contributed by atoms with E-state index in [4.69, 9.17) is 9.47 Å². The summed E-state index contributed by atoms with van der Waals surface area (Å²) < 4.78 is 11.3. The van der Waals surface area contributed by atoms with Gasteiger partial charge in [0.05, 0.1) is 19.3 Å². The van der Waals surface area contributed by atoms with Crippen LogP contribution < -0.4 is 0 Å². The minimum atomic E-state index is 0.190. The minimum Gasteiger partial charge on any atom is -0.382 e. The highest BCUT2D eigenvalue weighted by molar-refractivity contribution is 4.90. The van der Waals surface area contributed by atoms with Crippen molar-refractivity contribution in [3.05, 3.63) is 12.7 Å². The summed E-state index contributed by atoms with van der Waals surface area (Å²) in [4.78, 5) is 0. The number of methoxy groups -OCH3 is 1. The van der Waals surface area contributed by atoms with E-state index in [0.717, 1.165) is 12.3 Å². The van der Waals surface area contributed by atoms with E-state index >= 15 is 0 Å². The molecule has 1 aliphatic rings. The van der Waals surface area contributed by atoms with Gasteiger partial charge < -0.3 is 9.47 Å². The Kier molecular flexibility index (Phi) is 7.09. The maximum atomic E-state index is 6.20. The van der Waals surface area contributed by atoms with Crippen LogP contribution in [0.15, 0.2) is 12.7 Å². The monoisotopic (exact) mass is 268 g/mol. The first-order valence-corrected chi connectivity index (χ1v) is 7.72. The van der Waals surface area contributed by atoms with Crippen LogP contribution in [0, 0.1) is 17.3 Å². The van der Waals surface area contributed by atoms with Crippen molar-refractivity contribution in [2.75, 3.05) is 20.3 Å². The Labute approximate surface area is 119 Å². The molecule has 2 nitrogen and oxygen atoms in total. The van der Waals surface area contributed by atoms with Crippen molar-refractivity contribution >= 4 is 0 Å². The standard InChI is InChI=1S/C17H32O2/c1-6-9-14-10-7-8-11-15(14)16(17(2,3)4)19-13-12-18-5/h6,14-16H,1,7-13H2,2-5H3. The van der Waals surface area contributed by atoms with Gasteiger partial charge in [-0.05, 0) is 36.5 Å². The van der Waals surface area contributed by atoms with E-state index in [0.29, 0.717) is 25.2 Å². The molecule has 1 rings (SSSR count). The van der Waals surface area contributed by atoms with Crippen LogP contribution in [0.25, 0.3) is 0 Å². The summed E-state index contributed by atoms with van der Waals surface area (Å²) in [5.74, 6) is 1.42. The van der Waals surface area contributed by atoms with Crippen LogP contribution >= 0.6 is 0 Å². The summed E-state index contributed by atoms with van der Waals surface area (Å²) in [5.41, 5.74) is 0.190. The molecule has 0 aromatic carbocycles. The smallest absolute Gasteiger partial charge is 0.0704 e. The van der Waals surface area contributed by atoms with Crippen molar-refractivity contribution in [3.63, 3.8) is 0 Å². The van der Waals surface area contributed by atoms with Crippen LogP contribution in [0.1, 0.15) is 52.9 Å². The van der Waals surface area contributed by atoms with E-state index in [1.807, 2.05) is 0 Å². The zero-order valence-corrected chi connectivity index (χ0v) is 13.3. The molecule has 0 aromatic heterocycles. The molecule has 1 fully saturated rings. The highest BCUT2D eigenvalue weighted by Crippen LogP contribution is 2.41. The van der Waals surface area contributed by atoms with Gasteiger partial charge in [0.15, 0.2) is 0 Å². The predicted octanol–water partition coefficient (Wildman–Crippen LogP) is 4.45. The molecule has 2 heteroatoms. The lowest BCUT2D eigenvalue weighted by Crippen LogP contribution is -2.42. The van der Waals surface area contributed by atoms with Crippen LogP contribution in [-0.2, 0) is 9.47 Å². The molecule has 1 aliphatic carbocycles. The second-order valence-electron chi connectivity index (χ2n) is 6.88. The lowest BCUT2D eigenvalue weighted by atomic mass is 9.68. The third-order valence-corrected chi connectivity index (χ3v) is 4.26. The maximum absolute atomic E-state index is 6.20. The first kappa shape index (κ1) is 16.7. The molecule has 1 saturated carbocycles. The van der Waals surface area contributed by atoms with Gasteiger partial charge in [-0.2, -0.15) is 0 Å². The summed E-state index contributed by atoms with van der Waals surface area (Å²) in [6.45, 7) is 12.2. The van der Waals surface area contributed by atoms with Gasteiger partial charge in [0.2, 0.25) is 0 Å². The fraction of sp³-hybridized carbons (Fsp3) is 0.882. The number of rotatable bonds is 7. The SMILES string of the molecule is C=CCC1CCCCC1C(OCCOC)C(C)(C)C. The Morgan fingerprint density at radius 3 is 2.47 bits per heavy atom. The maximum Gasteiger partial charge on any atom is 0.0704 e. The summed E-state index contributed by atoms with van der Waals surface area (Å²) >= 11 is 0. The van der Waals surface area contributed by atoms with Gasteiger partial charge in [0, 0.05) is 7.11 Å². The van der Waals surface area contributed by atoms with Crippen molar-refractivity contribution in [3.8, 4) is 0 Å². The molecule has 0 N–H and O–H groups in total. The fourth-order valence-corrected chi connectivity index (χ4v) is 3.42. The molecule has 0 aliphatic heterocycles. The molecule has 0 amide bonds. The Morgan fingerprint density at radius 2 is 1.89 bits per heavy atom. The first-order chi connectivity index (χ1) is 9.00. The van der Waals surface area contributed by atoms with Crippen molar-refractivity contribution in [1.82, 2.24) is 0 Å². The summed E-state index contributed by atoms with van der Waals surface area (Å²) in [7, 11) is 1.73. The Bertz CT molecular complexity index is 254. The number of ether oxygens (including phenoxy) is 2. The lowest BCUT2D eigenvalue weighted by Gasteiger charge is -2.43. The predicted molar refractivity (Wildman–Crippen MR) is 81.3 cm³/mol. The van der Waals surface area contributed by atoms with Crippen molar-refractivity contribution in [2.45, 2.75) is 59.0 Å². The van der Waals surface area contributed by atoms with E-state index in [1.165, 1.54) is 25.7 Å². The zero-order valence-electron chi connectivity index (χ0n) is 13.3. The highest BCUT2D eigenvalue weighted by Gasteiger charge is 2.38. The summed E-state index contributed by atoms with van der Waals surface area (Å²) in [6, 6.07) is 0. The number of allylic oxidation sites excluding steroid dienone is 1. The highest BCUT2D eigenvalue weighted by atomic mass is 16.5. The second-order valence-corrected chi connectivity index (χ2v) is 6.88. The molecule has 3 atom stereocenters. The molecule has 3 unspecified atom stereocenters. The quantitative estimate of drug-likeness (QED) is 0.502. The summed E-state index contributed by atoms with van der Waals surface area (Å²) in [6.07, 6.45) is 8.88. The molecular formula is C17H32O2. The number of hydrogen-bond acceptors (Lipinski definition) is 2. The van der Waals surface area contributed by atoms with Crippen LogP contribution in [-0.4, -0.2) is 26.4 Å². The van der Waals surface area contributed by atoms with Gasteiger partial charge in [0.25, 0.3) is 0 Å². The minimum absolute atomic E-state index is 0.190. The van der Waals surface area contributed by atoms with Crippen LogP contribution in [0.5, 0.6) is 0 Å². The molecule has 0 saturated heterocycles. The Hall–Kier alpha value is -0.340. The van der Waals surface area contributed by atoms with Crippen LogP contribution in [0.4, 0.5) is 0 Å². The van der Waals surface area contributed by atoms with Crippen molar-refractivity contribution in [1.29, 1.82) is 0 Å². The van der Waals surface area contributed by atoms with E-state index in [-0.39, 0.29) is 5.41 Å². The molecule has 112 valence electrons. The van der Waals surface area contributed by atoms with Crippen LogP contribution in [0.2, 0.25) is 0 Å². The average Bonchev–Trinajstić information content (AvgIpc) is 2.35.